The zero-order valence-electron chi connectivity index (χ0n) is 12.1. The number of hydrogen-bond acceptors (Lipinski definition) is 2. The fourth-order valence-corrected chi connectivity index (χ4v) is 1.73. The van der Waals surface area contributed by atoms with Gasteiger partial charge in [0.15, 0.2) is 0 Å². The van der Waals surface area contributed by atoms with Crippen molar-refractivity contribution in [1.29, 1.82) is 0 Å². The van der Waals surface area contributed by atoms with Gasteiger partial charge in [-0.1, -0.05) is 72.8 Å². The van der Waals surface area contributed by atoms with Crippen LogP contribution in [0.1, 0.15) is 11.1 Å². The molecule has 110 valence electrons. The first-order chi connectivity index (χ1) is 10.7. The van der Waals surface area contributed by atoms with Crippen molar-refractivity contribution in [2.75, 3.05) is 0 Å². The van der Waals surface area contributed by atoms with Crippen LogP contribution in [0.3, 0.4) is 0 Å². The minimum Gasteiger partial charge on any atom is -0.369 e. The lowest BCUT2D eigenvalue weighted by atomic mass is 10.1. The molecular weight excluding hydrogens is 272 g/mol. The van der Waals surface area contributed by atoms with Crippen molar-refractivity contribution in [3.63, 3.8) is 0 Å². The van der Waals surface area contributed by atoms with Gasteiger partial charge in [-0.25, -0.2) is 0 Å². The summed E-state index contributed by atoms with van der Waals surface area (Å²) in [7, 11) is 0. The lowest BCUT2D eigenvalue weighted by Gasteiger charge is -1.95. The van der Waals surface area contributed by atoms with E-state index in [-0.39, 0.29) is 5.96 Å². The highest BCUT2D eigenvalue weighted by atomic mass is 15.3. The third-order valence-electron chi connectivity index (χ3n) is 2.77. The van der Waals surface area contributed by atoms with Crippen LogP contribution in [0.2, 0.25) is 0 Å². The summed E-state index contributed by atoms with van der Waals surface area (Å²) >= 11 is 0. The van der Waals surface area contributed by atoms with E-state index in [1.54, 1.807) is 0 Å². The summed E-state index contributed by atoms with van der Waals surface area (Å²) in [5, 5.41) is 7.74. The smallest absolute Gasteiger partial charge is 0.211 e. The average Bonchev–Trinajstić information content (AvgIpc) is 2.56. The Bertz CT molecular complexity index is 643. The van der Waals surface area contributed by atoms with Gasteiger partial charge in [0.2, 0.25) is 5.96 Å². The number of rotatable bonds is 5. The van der Waals surface area contributed by atoms with Crippen LogP contribution in [0.15, 0.2) is 83.0 Å². The van der Waals surface area contributed by atoms with Crippen molar-refractivity contribution in [3.8, 4) is 0 Å². The second kappa shape index (κ2) is 8.21. The molecule has 22 heavy (non-hydrogen) atoms. The van der Waals surface area contributed by atoms with Crippen LogP contribution in [0.5, 0.6) is 0 Å². The summed E-state index contributed by atoms with van der Waals surface area (Å²) in [5.74, 6) is -0.0706. The Kier molecular flexibility index (Phi) is 5.70. The molecule has 2 aromatic rings. The van der Waals surface area contributed by atoms with Gasteiger partial charge in [-0.3, -0.25) is 0 Å². The van der Waals surface area contributed by atoms with Crippen LogP contribution in [0, 0.1) is 0 Å². The number of hydrogen-bond donors (Lipinski definition) is 2. The molecule has 0 unspecified atom stereocenters. The molecule has 4 nitrogen and oxygen atoms in total. The van der Waals surface area contributed by atoms with Gasteiger partial charge < -0.3 is 11.5 Å². The molecule has 2 rings (SSSR count). The summed E-state index contributed by atoms with van der Waals surface area (Å²) in [4.78, 5) is 0. The largest absolute Gasteiger partial charge is 0.369 e. The van der Waals surface area contributed by atoms with Crippen LogP contribution in [0.25, 0.3) is 12.2 Å². The van der Waals surface area contributed by atoms with Crippen molar-refractivity contribution >= 4 is 23.8 Å². The van der Waals surface area contributed by atoms with Crippen LogP contribution in [-0.4, -0.2) is 11.7 Å². The molecule has 0 saturated heterocycles. The average molecular weight is 290 g/mol. The van der Waals surface area contributed by atoms with Crippen LogP contribution < -0.4 is 11.5 Å². The Labute approximate surface area is 130 Å². The van der Waals surface area contributed by atoms with Crippen LogP contribution in [-0.2, 0) is 0 Å². The molecule has 0 aliphatic rings. The first kappa shape index (κ1) is 15.3. The second-order valence-electron chi connectivity index (χ2n) is 4.54. The number of nitrogens with two attached hydrogens (primary N) is 2. The van der Waals surface area contributed by atoms with E-state index in [1.807, 2.05) is 85.0 Å². The lowest BCUT2D eigenvalue weighted by molar-refractivity contribution is 1.21. The summed E-state index contributed by atoms with van der Waals surface area (Å²) < 4.78 is 0. The van der Waals surface area contributed by atoms with Crippen molar-refractivity contribution in [2.24, 2.45) is 21.7 Å². The van der Waals surface area contributed by atoms with Gasteiger partial charge in [-0.05, 0) is 23.3 Å². The molecule has 0 spiro atoms. The number of nitrogens with zero attached hydrogens (tertiary/aromatic N) is 2. The highest BCUT2D eigenvalue weighted by Crippen LogP contribution is 2.04. The van der Waals surface area contributed by atoms with Gasteiger partial charge in [0.1, 0.15) is 0 Å². The molecule has 0 bridgehead atoms. The van der Waals surface area contributed by atoms with Crippen molar-refractivity contribution in [2.45, 2.75) is 0 Å². The molecule has 0 heterocycles. The maximum absolute atomic E-state index is 5.33. The zero-order chi connectivity index (χ0) is 15.6. The van der Waals surface area contributed by atoms with E-state index in [4.69, 9.17) is 11.5 Å². The Morgan fingerprint density at radius 1 is 0.682 bits per heavy atom. The fraction of sp³-hybridized carbons (Fsp3) is 0. The fourth-order valence-electron chi connectivity index (χ4n) is 1.73. The molecule has 0 aliphatic carbocycles. The van der Waals surface area contributed by atoms with Gasteiger partial charge in [0.25, 0.3) is 0 Å². The molecule has 0 aliphatic heterocycles. The number of allylic oxidation sites excluding steroid dienone is 2. The Balaban J connectivity index is 2.20. The topological polar surface area (TPSA) is 76.8 Å². The lowest BCUT2D eigenvalue weighted by Crippen LogP contribution is -2.22. The van der Waals surface area contributed by atoms with Crippen LogP contribution >= 0.6 is 0 Å². The molecule has 2 aromatic carbocycles. The minimum absolute atomic E-state index is 0.0706. The summed E-state index contributed by atoms with van der Waals surface area (Å²) in [6.07, 6.45) is 7.63. The Morgan fingerprint density at radius 2 is 1.14 bits per heavy atom. The number of benzene rings is 2. The van der Waals surface area contributed by atoms with E-state index in [0.717, 1.165) is 11.1 Å². The minimum atomic E-state index is -0.0706. The first-order valence-electron chi connectivity index (χ1n) is 6.87. The molecule has 0 radical (unpaired) electrons. The summed E-state index contributed by atoms with van der Waals surface area (Å²) in [6.45, 7) is 0. The van der Waals surface area contributed by atoms with E-state index >= 15 is 0 Å². The molecule has 0 atom stereocenters. The molecule has 0 aromatic heterocycles. The van der Waals surface area contributed by atoms with Crippen LogP contribution in [0.4, 0.5) is 0 Å². The molecule has 4 heteroatoms. The van der Waals surface area contributed by atoms with Gasteiger partial charge in [0.05, 0.1) is 5.71 Å². The van der Waals surface area contributed by atoms with E-state index in [2.05, 4.69) is 10.2 Å². The van der Waals surface area contributed by atoms with E-state index in [0.29, 0.717) is 5.71 Å². The first-order valence-corrected chi connectivity index (χ1v) is 6.87. The standard InChI is InChI=1S/C18H18N4/c19-18(20)22-21-17(13-11-15-7-3-1-4-8-15)14-12-16-9-5-2-6-10-16/h1-14H,(H4,19,20,22)/b13-11-,14-12+,21-17?. The third-order valence-corrected chi connectivity index (χ3v) is 2.77. The second-order valence-corrected chi connectivity index (χ2v) is 4.54. The maximum atomic E-state index is 5.33. The molecular formula is C18H18N4. The van der Waals surface area contributed by atoms with Crippen molar-refractivity contribution in [3.05, 3.63) is 83.9 Å². The monoisotopic (exact) mass is 290 g/mol. The van der Waals surface area contributed by atoms with Crippen molar-refractivity contribution in [1.82, 2.24) is 0 Å². The highest BCUT2D eigenvalue weighted by molar-refractivity contribution is 6.08. The van der Waals surface area contributed by atoms with Gasteiger partial charge >= 0.3 is 0 Å². The molecule has 0 fully saturated rings. The predicted octanol–water partition coefficient (Wildman–Crippen LogP) is 3.04. The highest BCUT2D eigenvalue weighted by Gasteiger charge is 1.91. The Morgan fingerprint density at radius 3 is 1.55 bits per heavy atom. The quantitative estimate of drug-likeness (QED) is 0.504. The van der Waals surface area contributed by atoms with E-state index in [1.165, 1.54) is 0 Å². The summed E-state index contributed by atoms with van der Waals surface area (Å²) in [6, 6.07) is 19.9. The maximum Gasteiger partial charge on any atom is 0.211 e. The van der Waals surface area contributed by atoms with Gasteiger partial charge in [0, 0.05) is 0 Å². The SMILES string of the molecule is NC(N)=NN=C(/C=C\c1ccccc1)/C=C/c1ccccc1. The zero-order valence-corrected chi connectivity index (χ0v) is 12.1. The van der Waals surface area contributed by atoms with E-state index < -0.39 is 0 Å². The summed E-state index contributed by atoms with van der Waals surface area (Å²) in [5.41, 5.74) is 13.5. The Hall–Kier alpha value is -3.14. The van der Waals surface area contributed by atoms with Gasteiger partial charge in [-0.2, -0.15) is 0 Å². The molecule has 0 amide bonds. The van der Waals surface area contributed by atoms with Gasteiger partial charge in [-0.15, -0.1) is 10.2 Å². The third kappa shape index (κ3) is 5.46. The molecule has 0 saturated carbocycles. The normalized spacial score (nSPS) is 11.9. The molecule has 4 N–H and O–H groups in total. The number of guanidine groups is 1. The van der Waals surface area contributed by atoms with E-state index in [9.17, 15) is 0 Å². The predicted molar refractivity (Wildman–Crippen MR) is 94.2 cm³/mol. The van der Waals surface area contributed by atoms with Crippen molar-refractivity contribution < 1.29 is 0 Å².